The Morgan fingerprint density at radius 2 is 1.96 bits per heavy atom. The zero-order valence-corrected chi connectivity index (χ0v) is 17.0. The third-order valence-electron chi connectivity index (χ3n) is 4.53. The Morgan fingerprint density at radius 3 is 2.42 bits per heavy atom. The molecule has 0 saturated carbocycles. The molecule has 0 aromatic rings. The largest absolute Gasteiger partial charge is 1.00 e. The van der Waals surface area contributed by atoms with E-state index < -0.39 is 5.41 Å². The fourth-order valence-corrected chi connectivity index (χ4v) is 3.10. The van der Waals surface area contributed by atoms with E-state index in [1.165, 1.54) is 0 Å². The second-order valence-electron chi connectivity index (χ2n) is 8.34. The molecule has 1 fully saturated rings. The van der Waals surface area contributed by atoms with Gasteiger partial charge in [0.1, 0.15) is 0 Å². The molecule has 0 bridgehead atoms. The van der Waals surface area contributed by atoms with Gasteiger partial charge in [-0.15, -0.1) is 0 Å². The number of halogens is 1. The Hall–Kier alpha value is -0.810. The first-order chi connectivity index (χ1) is 10.6. The molecule has 24 heavy (non-hydrogen) atoms. The van der Waals surface area contributed by atoms with Gasteiger partial charge in [-0.1, -0.05) is 6.92 Å². The highest BCUT2D eigenvalue weighted by Crippen LogP contribution is 2.30. The Morgan fingerprint density at radius 1 is 1.33 bits per heavy atom. The van der Waals surface area contributed by atoms with Crippen LogP contribution in [0.15, 0.2) is 0 Å². The lowest BCUT2D eigenvalue weighted by Crippen LogP contribution is -3.00. The van der Waals surface area contributed by atoms with E-state index in [-0.39, 0.29) is 30.3 Å². The number of likely N-dealkylation sites (tertiary alicyclic amines) is 1. The molecule has 1 heterocycles. The topological polar surface area (TPSA) is 46.6 Å². The highest BCUT2D eigenvalue weighted by molar-refractivity contribution is 5.79. The maximum absolute atomic E-state index is 12.4. The van der Waals surface area contributed by atoms with Crippen molar-refractivity contribution in [3.8, 4) is 0 Å². The molecule has 0 aromatic carbocycles. The van der Waals surface area contributed by atoms with Crippen molar-refractivity contribution >= 4 is 11.9 Å². The van der Waals surface area contributed by atoms with Crippen LogP contribution in [0.3, 0.4) is 0 Å². The third-order valence-corrected chi connectivity index (χ3v) is 4.53. The summed E-state index contributed by atoms with van der Waals surface area (Å²) in [6, 6.07) is 0.138. The number of carbonyl (C=O) groups excluding carboxylic acids is 2. The van der Waals surface area contributed by atoms with Crippen molar-refractivity contribution < 1.29 is 31.2 Å². The van der Waals surface area contributed by atoms with Gasteiger partial charge in [-0.2, -0.15) is 0 Å². The van der Waals surface area contributed by atoms with E-state index in [0.717, 1.165) is 36.8 Å². The molecule has 1 amide bonds. The number of hydrogen-bond acceptors (Lipinski definition) is 3. The first-order valence-corrected chi connectivity index (χ1v) is 8.84. The maximum atomic E-state index is 12.4. The van der Waals surface area contributed by atoms with E-state index in [1.54, 1.807) is 0 Å². The van der Waals surface area contributed by atoms with Crippen molar-refractivity contribution in [1.82, 2.24) is 4.90 Å². The predicted molar refractivity (Wildman–Crippen MR) is 91.9 cm³/mol. The number of nitrogens with zero attached hydrogens (tertiary/aromatic N) is 2. The zero-order chi connectivity index (χ0) is 17.7. The lowest BCUT2D eigenvalue weighted by molar-refractivity contribution is -0.870. The van der Waals surface area contributed by atoms with Crippen LogP contribution in [-0.2, 0) is 14.3 Å². The van der Waals surface area contributed by atoms with Gasteiger partial charge in [0.2, 0.25) is 5.91 Å². The molecule has 6 heteroatoms. The van der Waals surface area contributed by atoms with Crippen LogP contribution in [0.5, 0.6) is 0 Å². The quantitative estimate of drug-likeness (QED) is 0.314. The number of rotatable bonds is 9. The minimum absolute atomic E-state index is 0. The zero-order valence-electron chi connectivity index (χ0n) is 16.2. The van der Waals surface area contributed by atoms with Crippen LogP contribution in [0.1, 0.15) is 52.9 Å². The average molecular weight is 363 g/mol. The Labute approximate surface area is 153 Å². The lowest BCUT2D eigenvalue weighted by Gasteiger charge is -2.33. The number of amides is 1. The van der Waals surface area contributed by atoms with E-state index in [0.29, 0.717) is 19.4 Å². The summed E-state index contributed by atoms with van der Waals surface area (Å²) in [5.74, 6) is 0.0768. The number of carbonyl (C=O) groups is 2. The van der Waals surface area contributed by atoms with Crippen LogP contribution in [0.4, 0.5) is 0 Å². The van der Waals surface area contributed by atoms with Crippen molar-refractivity contribution in [3.05, 3.63) is 0 Å². The average Bonchev–Trinajstić information content (AvgIpc) is 2.85. The minimum Gasteiger partial charge on any atom is -1.00 e. The fourth-order valence-electron chi connectivity index (χ4n) is 3.10. The first kappa shape index (κ1) is 23.2. The van der Waals surface area contributed by atoms with Crippen LogP contribution >= 0.6 is 0 Å². The Bertz CT molecular complexity index is 419. The van der Waals surface area contributed by atoms with Gasteiger partial charge >= 0.3 is 5.97 Å². The van der Waals surface area contributed by atoms with Crippen LogP contribution < -0.4 is 12.4 Å². The van der Waals surface area contributed by atoms with Gasteiger partial charge in [-0.3, -0.25) is 9.59 Å². The van der Waals surface area contributed by atoms with E-state index in [9.17, 15) is 9.59 Å². The molecule has 5 nitrogen and oxygen atoms in total. The van der Waals surface area contributed by atoms with Gasteiger partial charge < -0.3 is 26.5 Å². The molecule has 1 aliphatic rings. The van der Waals surface area contributed by atoms with Gasteiger partial charge in [-0.05, 0) is 33.1 Å². The first-order valence-electron chi connectivity index (χ1n) is 8.84. The maximum Gasteiger partial charge on any atom is 0.311 e. The smallest absolute Gasteiger partial charge is 0.311 e. The summed E-state index contributed by atoms with van der Waals surface area (Å²) in [7, 11) is 6.39. The van der Waals surface area contributed by atoms with Gasteiger partial charge in [-0.25, -0.2) is 0 Å². The molecule has 0 N–H and O–H groups in total. The summed E-state index contributed by atoms with van der Waals surface area (Å²) in [6.07, 6.45) is 4.00. The number of ether oxygens (including phenoxy) is 1. The SMILES string of the molecule is CCC(CC(C)(C)C(=O)OCCC[N+](C)(C)C)N1CCCC1=O.[Cl-]. The summed E-state index contributed by atoms with van der Waals surface area (Å²) < 4.78 is 6.36. The van der Waals surface area contributed by atoms with Gasteiger partial charge in [0.15, 0.2) is 0 Å². The van der Waals surface area contributed by atoms with Crippen molar-refractivity contribution in [2.75, 3.05) is 40.8 Å². The number of hydrogen-bond donors (Lipinski definition) is 0. The van der Waals surface area contributed by atoms with Gasteiger partial charge in [0.25, 0.3) is 0 Å². The molecule has 1 aliphatic heterocycles. The van der Waals surface area contributed by atoms with E-state index >= 15 is 0 Å². The molecule has 0 spiro atoms. The van der Waals surface area contributed by atoms with E-state index in [2.05, 4.69) is 28.1 Å². The van der Waals surface area contributed by atoms with Crippen molar-refractivity contribution in [2.45, 2.75) is 58.9 Å². The van der Waals surface area contributed by atoms with Crippen molar-refractivity contribution in [3.63, 3.8) is 0 Å². The molecule has 1 unspecified atom stereocenters. The third kappa shape index (κ3) is 7.39. The van der Waals surface area contributed by atoms with Crippen LogP contribution in [0, 0.1) is 5.41 Å². The molecule has 1 rings (SSSR count). The number of quaternary nitrogens is 1. The molecular weight excluding hydrogens is 328 g/mol. The Kier molecular flexibility index (Phi) is 9.29. The second-order valence-corrected chi connectivity index (χ2v) is 8.34. The predicted octanol–water partition coefficient (Wildman–Crippen LogP) is -0.553. The molecule has 0 aliphatic carbocycles. The normalized spacial score (nSPS) is 16.8. The number of esters is 1. The van der Waals surface area contributed by atoms with E-state index in [1.807, 2.05) is 18.7 Å². The standard InChI is InChI=1S/C18H35N2O3.ClH/c1-7-15(19-11-8-10-16(19)21)14-18(2,3)17(22)23-13-9-12-20(4,5)6;/h15H,7-14H2,1-6H3;1H/q+1;/p-1. The molecule has 0 aromatic heterocycles. The lowest BCUT2D eigenvalue weighted by atomic mass is 9.84. The summed E-state index contributed by atoms with van der Waals surface area (Å²) in [5, 5.41) is 0. The van der Waals surface area contributed by atoms with E-state index in [4.69, 9.17) is 4.74 Å². The van der Waals surface area contributed by atoms with Crippen molar-refractivity contribution in [1.29, 1.82) is 0 Å². The highest BCUT2D eigenvalue weighted by atomic mass is 35.5. The monoisotopic (exact) mass is 362 g/mol. The second kappa shape index (κ2) is 9.62. The van der Waals surface area contributed by atoms with Crippen LogP contribution in [-0.4, -0.2) is 68.1 Å². The summed E-state index contributed by atoms with van der Waals surface area (Å²) in [4.78, 5) is 26.3. The summed E-state index contributed by atoms with van der Waals surface area (Å²) in [6.45, 7) is 8.21. The van der Waals surface area contributed by atoms with Gasteiger partial charge in [0.05, 0.1) is 39.7 Å². The Balaban J connectivity index is 0.00000529. The summed E-state index contributed by atoms with van der Waals surface area (Å²) in [5.41, 5.74) is -0.555. The van der Waals surface area contributed by atoms with Crippen LogP contribution in [0.25, 0.3) is 0 Å². The highest BCUT2D eigenvalue weighted by Gasteiger charge is 2.36. The minimum atomic E-state index is -0.555. The van der Waals surface area contributed by atoms with Gasteiger partial charge in [0, 0.05) is 25.4 Å². The molecule has 0 radical (unpaired) electrons. The molecular formula is C18H35ClN2O3. The fraction of sp³-hybridized carbons (Fsp3) is 0.889. The van der Waals surface area contributed by atoms with Crippen molar-refractivity contribution in [2.24, 2.45) is 5.41 Å². The molecule has 142 valence electrons. The van der Waals surface area contributed by atoms with Crippen LogP contribution in [0.2, 0.25) is 0 Å². The molecule has 1 saturated heterocycles. The summed E-state index contributed by atoms with van der Waals surface area (Å²) >= 11 is 0. The molecule has 1 atom stereocenters.